The minimum absolute atomic E-state index is 0.131. The Morgan fingerprint density at radius 3 is 1.88 bits per heavy atom. The summed E-state index contributed by atoms with van der Waals surface area (Å²) < 4.78 is 71.3. The molecule has 21 unspecified atom stereocenters. The van der Waals surface area contributed by atoms with E-state index < -0.39 is 180 Å². The van der Waals surface area contributed by atoms with Crippen molar-refractivity contribution in [2.24, 2.45) is 17.4 Å². The monoisotopic (exact) mass is 1130 g/mol. The second-order valence-electron chi connectivity index (χ2n) is 20.2. The highest BCUT2D eigenvalue weighted by Gasteiger charge is 2.61. The zero-order valence-electron chi connectivity index (χ0n) is 44.5. The quantitative estimate of drug-likeness (QED) is 0.0248. The van der Waals surface area contributed by atoms with Crippen molar-refractivity contribution in [1.82, 2.24) is 10.6 Å². The first kappa shape index (κ1) is 65.9. The molecule has 4 aliphatic rings. The average Bonchev–Trinajstić information content (AvgIpc) is 3.33. The lowest BCUT2D eigenvalue weighted by molar-refractivity contribution is -0.355. The van der Waals surface area contributed by atoms with Gasteiger partial charge in [0.2, 0.25) is 17.7 Å². The normalized spacial score (nSPS) is 37.8. The number of primary amides is 2. The number of hydrogen-bond acceptors (Lipinski definition) is 23. The van der Waals surface area contributed by atoms with Crippen LogP contribution in [-0.4, -0.2) is 219 Å². The van der Waals surface area contributed by atoms with E-state index >= 15 is 0 Å². The summed E-state index contributed by atoms with van der Waals surface area (Å²) >= 11 is 0. The summed E-state index contributed by atoms with van der Waals surface area (Å²) in [6, 6.07) is -3.35. The summed E-state index contributed by atoms with van der Waals surface area (Å²) in [5.41, 5.74) is 12.2. The molecule has 0 aromatic carbocycles. The number of allylic oxidation sites excluding steroid dienone is 5. The van der Waals surface area contributed by atoms with Gasteiger partial charge in [0.05, 0.1) is 45.1 Å². The van der Waals surface area contributed by atoms with Gasteiger partial charge in [0, 0.05) is 13.8 Å². The first-order valence-electron chi connectivity index (χ1n) is 25.3. The smallest absolute Gasteiger partial charge is 0.440 e. The molecule has 15 N–H and O–H groups in total. The van der Waals surface area contributed by atoms with Crippen LogP contribution in [0.1, 0.15) is 87.5 Å². The first-order chi connectivity index (χ1) is 36.0. The molecule has 0 radical (unpaired) electrons. The lowest BCUT2D eigenvalue weighted by Crippen LogP contribution is -2.71. The third-order valence-electron chi connectivity index (χ3n) is 13.5. The number of carbonyl (C=O) groups excluding carboxylic acids is 4. The van der Waals surface area contributed by atoms with Crippen LogP contribution in [0.2, 0.25) is 0 Å². The summed E-state index contributed by atoms with van der Waals surface area (Å²) in [5, 5.41) is 92.2. The predicted octanol–water partition coefficient (Wildman–Crippen LogP) is -2.21. The third kappa shape index (κ3) is 18.7. The van der Waals surface area contributed by atoms with Crippen LogP contribution in [0.15, 0.2) is 34.9 Å². The van der Waals surface area contributed by atoms with Crippen molar-refractivity contribution in [2.45, 2.75) is 203 Å². The Morgan fingerprint density at radius 1 is 0.727 bits per heavy atom. The van der Waals surface area contributed by atoms with Crippen LogP contribution in [0.4, 0.5) is 4.79 Å². The third-order valence-corrected chi connectivity index (χ3v) is 14.6. The van der Waals surface area contributed by atoms with Crippen LogP contribution < -0.4 is 22.1 Å². The van der Waals surface area contributed by atoms with Gasteiger partial charge in [-0.2, -0.15) is 0 Å². The fraction of sp³-hybridized carbons (Fsp3) is 0.792. The number of hydrogen-bond donors (Lipinski definition) is 13. The van der Waals surface area contributed by atoms with E-state index in [1.165, 1.54) is 18.1 Å². The van der Waals surface area contributed by atoms with Crippen molar-refractivity contribution in [3.63, 3.8) is 0 Å². The van der Waals surface area contributed by atoms with Gasteiger partial charge in [-0.1, -0.05) is 34.9 Å². The average molecular weight is 1130 g/mol. The Hall–Kier alpha value is -3.59. The number of phosphoric ester groups is 1. The molecule has 4 amide bonds. The molecular weight excluding hydrogens is 1050 g/mol. The fourth-order valence-electron chi connectivity index (χ4n) is 9.31. The molecule has 4 fully saturated rings. The highest BCUT2D eigenvalue weighted by Crippen LogP contribution is 2.50. The highest BCUT2D eigenvalue weighted by molar-refractivity contribution is 7.47. The predicted molar refractivity (Wildman–Crippen MR) is 265 cm³/mol. The highest BCUT2D eigenvalue weighted by atomic mass is 31.2. The largest absolute Gasteiger partial charge is 0.472 e. The number of carbonyl (C=O) groups is 4. The Bertz CT molecular complexity index is 2090. The van der Waals surface area contributed by atoms with Crippen molar-refractivity contribution in [1.29, 1.82) is 0 Å². The van der Waals surface area contributed by atoms with Crippen molar-refractivity contribution >= 4 is 31.6 Å². The summed E-state index contributed by atoms with van der Waals surface area (Å²) in [6.45, 7) is 10.3. The zero-order valence-corrected chi connectivity index (χ0v) is 45.4. The van der Waals surface area contributed by atoms with E-state index in [1.807, 2.05) is 13.0 Å². The molecule has 0 aromatic rings. The number of nitrogens with two attached hydrogens (primary N) is 2. The molecule has 29 heteroatoms. The molecule has 3 heterocycles. The second kappa shape index (κ2) is 29.7. The molecular formula is C48H81N4O24P. The molecule has 1 aliphatic carbocycles. The van der Waals surface area contributed by atoms with Crippen molar-refractivity contribution < 1.29 is 116 Å². The molecule has 4 rings (SSSR count). The maximum atomic E-state index is 13.7. The molecule has 28 nitrogen and oxygen atoms in total. The number of ether oxygens (including phenoxy) is 8. The molecule has 21 atom stereocenters. The van der Waals surface area contributed by atoms with Crippen molar-refractivity contribution in [3.8, 4) is 0 Å². The van der Waals surface area contributed by atoms with E-state index in [9.17, 15) is 69.5 Å². The van der Waals surface area contributed by atoms with Gasteiger partial charge in [0.15, 0.2) is 25.0 Å². The Labute approximate surface area is 446 Å². The van der Waals surface area contributed by atoms with Crippen LogP contribution in [0.25, 0.3) is 0 Å². The van der Waals surface area contributed by atoms with Crippen LogP contribution in [0, 0.1) is 5.92 Å². The number of phosphoric acid groups is 1. The standard InChI is InChI=1S/C48H81N4O24P/c1-22(2)11-9-12-23(3)13-10-14-24(4)15-16-67-17-18-69-77(65,66)76-29-19-28(43(49)62)48(8,64)42(75-47(50)63)41(29)74-45-33(52-27(7)55)37(59)40(73-44-32(51-26(6)54)36(58)34(56)25(5)70-44)31(72-45)21-68-46-39(61)38(60)35(57)30(20-53)71-46/h11,13,15,25,28-42,44-46,53,56-61,64H,9-10,12,14,16-21H2,1-8H3,(H2,49,62)(H2,50,63)(H,51,54)(H,52,55)(H,65,66)/b23-13+,24-15-. The van der Waals surface area contributed by atoms with E-state index in [1.54, 1.807) is 0 Å². The van der Waals surface area contributed by atoms with Gasteiger partial charge >= 0.3 is 13.9 Å². The Morgan fingerprint density at radius 2 is 1.30 bits per heavy atom. The summed E-state index contributed by atoms with van der Waals surface area (Å²) in [5.74, 6) is -4.49. The number of aliphatic hydroxyl groups is 8. The van der Waals surface area contributed by atoms with Crippen LogP contribution in [0.3, 0.4) is 0 Å². The molecule has 0 bridgehead atoms. The number of nitrogens with one attached hydrogen (secondary N) is 2. The fourth-order valence-corrected chi connectivity index (χ4v) is 10.2. The molecule has 0 aromatic heterocycles. The lowest BCUT2D eigenvalue weighted by atomic mass is 9.71. The SMILES string of the molecule is CC(=O)NC1C(OC2C(COC3OC(CO)C(O)C(O)C3O)OC(OC3C(OP(=O)(O)OCCOC/C=C(/C)CC/C=C(\C)CCC=C(C)C)CC(C(N)=O)C(C)(O)C3OC(N)=O)C(NC(C)=O)C2O)OC(C)C(O)C1O. The molecule has 0 spiro atoms. The van der Waals surface area contributed by atoms with E-state index in [0.29, 0.717) is 0 Å². The summed E-state index contributed by atoms with van der Waals surface area (Å²) in [4.78, 5) is 61.8. The van der Waals surface area contributed by atoms with Gasteiger partial charge in [0.25, 0.3) is 0 Å². The number of amides is 4. The lowest BCUT2D eigenvalue weighted by Gasteiger charge is -2.51. The first-order valence-corrected chi connectivity index (χ1v) is 26.8. The number of aliphatic hydroxyl groups excluding tert-OH is 7. The zero-order chi connectivity index (χ0) is 57.7. The van der Waals surface area contributed by atoms with Gasteiger partial charge in [-0.25, -0.2) is 9.36 Å². The van der Waals surface area contributed by atoms with Gasteiger partial charge in [-0.3, -0.25) is 23.4 Å². The summed E-state index contributed by atoms with van der Waals surface area (Å²) in [6.07, 6.45) is -21.6. The van der Waals surface area contributed by atoms with Crippen LogP contribution in [0.5, 0.6) is 0 Å². The Balaban J connectivity index is 1.66. The van der Waals surface area contributed by atoms with Crippen molar-refractivity contribution in [2.75, 3.05) is 33.0 Å². The van der Waals surface area contributed by atoms with Gasteiger partial charge in [-0.05, 0) is 73.6 Å². The van der Waals surface area contributed by atoms with E-state index in [2.05, 4.69) is 43.6 Å². The van der Waals surface area contributed by atoms with E-state index in [-0.39, 0.29) is 13.2 Å². The molecule has 3 saturated heterocycles. The second-order valence-corrected chi connectivity index (χ2v) is 21.6. The maximum absolute atomic E-state index is 13.7. The van der Waals surface area contributed by atoms with Crippen LogP contribution in [-0.2, 0) is 65.9 Å². The van der Waals surface area contributed by atoms with Crippen LogP contribution >= 0.6 is 7.82 Å². The maximum Gasteiger partial charge on any atom is 0.472 e. The van der Waals surface area contributed by atoms with E-state index in [0.717, 1.165) is 52.0 Å². The minimum atomic E-state index is -5.26. The Kier molecular flexibility index (Phi) is 25.5. The minimum Gasteiger partial charge on any atom is -0.440 e. The molecule has 77 heavy (non-hydrogen) atoms. The van der Waals surface area contributed by atoms with Gasteiger partial charge in [-0.15, -0.1) is 0 Å². The summed E-state index contributed by atoms with van der Waals surface area (Å²) in [7, 11) is -5.26. The number of rotatable bonds is 26. The topological polar surface area (TPSA) is 436 Å². The van der Waals surface area contributed by atoms with Gasteiger partial charge < -0.3 is 106 Å². The van der Waals surface area contributed by atoms with E-state index in [4.69, 9.17) is 58.4 Å². The molecule has 3 aliphatic heterocycles. The van der Waals surface area contributed by atoms with Gasteiger partial charge in [0.1, 0.15) is 84.8 Å². The molecule has 1 saturated carbocycles. The molecule has 442 valence electrons. The van der Waals surface area contributed by atoms with Crippen molar-refractivity contribution in [3.05, 3.63) is 34.9 Å².